The molecular weight excluding hydrogens is 340 g/mol. The van der Waals surface area contributed by atoms with Crippen LogP contribution in [0, 0.1) is 5.92 Å². The van der Waals surface area contributed by atoms with Crippen molar-refractivity contribution in [3.63, 3.8) is 0 Å². The molecule has 0 amide bonds. The highest BCUT2D eigenvalue weighted by molar-refractivity contribution is 5.28. The Balaban J connectivity index is 1.55. The van der Waals surface area contributed by atoms with Crippen molar-refractivity contribution in [1.82, 2.24) is 9.80 Å². The van der Waals surface area contributed by atoms with Crippen molar-refractivity contribution in [2.45, 2.75) is 38.3 Å². The molecule has 0 saturated carbocycles. The Morgan fingerprint density at radius 1 is 1.15 bits per heavy atom. The van der Waals surface area contributed by atoms with Gasteiger partial charge >= 0.3 is 0 Å². The fourth-order valence-electron chi connectivity index (χ4n) is 4.29. The van der Waals surface area contributed by atoms with E-state index < -0.39 is 0 Å². The number of nitrogens with zero attached hydrogens (tertiary/aromatic N) is 2. The molecule has 27 heavy (non-hydrogen) atoms. The molecule has 2 saturated heterocycles. The van der Waals surface area contributed by atoms with Crippen LogP contribution in [-0.4, -0.2) is 76.1 Å². The van der Waals surface area contributed by atoms with Crippen LogP contribution in [0.3, 0.4) is 0 Å². The lowest BCUT2D eigenvalue weighted by Gasteiger charge is -2.35. The van der Waals surface area contributed by atoms with Gasteiger partial charge in [-0.15, -0.1) is 0 Å². The number of rotatable bonds is 10. The van der Waals surface area contributed by atoms with Crippen molar-refractivity contribution < 1.29 is 14.2 Å². The molecule has 2 aliphatic rings. The first-order chi connectivity index (χ1) is 13.3. The van der Waals surface area contributed by atoms with E-state index in [1.165, 1.54) is 44.3 Å². The van der Waals surface area contributed by atoms with Gasteiger partial charge in [0.1, 0.15) is 5.75 Å². The monoisotopic (exact) mass is 376 g/mol. The lowest BCUT2D eigenvalue weighted by molar-refractivity contribution is 0.0551. The van der Waals surface area contributed by atoms with Crippen LogP contribution in [0.2, 0.25) is 0 Å². The molecule has 0 radical (unpaired) electrons. The Morgan fingerprint density at radius 3 is 2.70 bits per heavy atom. The largest absolute Gasteiger partial charge is 0.497 e. The fourth-order valence-corrected chi connectivity index (χ4v) is 4.29. The van der Waals surface area contributed by atoms with Gasteiger partial charge in [-0.1, -0.05) is 12.1 Å². The third-order valence-corrected chi connectivity index (χ3v) is 5.86. The number of hydrogen-bond donors (Lipinski definition) is 0. The zero-order chi connectivity index (χ0) is 18.9. The second-order valence-electron chi connectivity index (χ2n) is 7.96. The van der Waals surface area contributed by atoms with Crippen LogP contribution in [0.1, 0.15) is 31.2 Å². The Kier molecular flexibility index (Phi) is 8.39. The molecule has 0 aromatic heterocycles. The molecule has 5 nitrogen and oxygen atoms in total. The predicted octanol–water partition coefficient (Wildman–Crippen LogP) is 3.03. The van der Waals surface area contributed by atoms with Crippen molar-refractivity contribution in [3.05, 3.63) is 29.8 Å². The van der Waals surface area contributed by atoms with Crippen LogP contribution in [0.4, 0.5) is 0 Å². The van der Waals surface area contributed by atoms with Gasteiger partial charge in [-0.3, -0.25) is 4.90 Å². The Hall–Kier alpha value is -1.14. The predicted molar refractivity (Wildman–Crippen MR) is 108 cm³/mol. The molecule has 0 spiro atoms. The number of piperidine rings is 1. The first-order valence-electron chi connectivity index (χ1n) is 10.4. The van der Waals surface area contributed by atoms with Crippen LogP contribution < -0.4 is 4.74 Å². The number of hydrogen-bond acceptors (Lipinski definition) is 5. The van der Waals surface area contributed by atoms with Crippen molar-refractivity contribution in [3.8, 4) is 5.75 Å². The maximum atomic E-state index is 5.93. The van der Waals surface area contributed by atoms with Gasteiger partial charge in [0.05, 0.1) is 19.8 Å². The highest BCUT2D eigenvalue weighted by atomic mass is 16.5. The Morgan fingerprint density at radius 2 is 2.00 bits per heavy atom. The number of methoxy groups -OCH3 is 2. The summed E-state index contributed by atoms with van der Waals surface area (Å²) in [5.41, 5.74) is 1.32. The van der Waals surface area contributed by atoms with Crippen molar-refractivity contribution >= 4 is 0 Å². The van der Waals surface area contributed by atoms with Crippen molar-refractivity contribution in [2.75, 3.05) is 60.2 Å². The smallest absolute Gasteiger partial charge is 0.119 e. The molecule has 1 aromatic rings. The third kappa shape index (κ3) is 6.75. The maximum Gasteiger partial charge on any atom is 0.119 e. The van der Waals surface area contributed by atoms with Crippen LogP contribution in [0.15, 0.2) is 24.3 Å². The third-order valence-electron chi connectivity index (χ3n) is 5.86. The van der Waals surface area contributed by atoms with Gasteiger partial charge in [0.15, 0.2) is 0 Å². The maximum absolute atomic E-state index is 5.93. The van der Waals surface area contributed by atoms with E-state index in [4.69, 9.17) is 14.2 Å². The van der Waals surface area contributed by atoms with E-state index in [-0.39, 0.29) is 0 Å². The van der Waals surface area contributed by atoms with Gasteiger partial charge in [-0.05, 0) is 62.4 Å². The molecule has 2 aliphatic heterocycles. The van der Waals surface area contributed by atoms with E-state index in [1.807, 2.05) is 6.07 Å². The number of likely N-dealkylation sites (tertiary alicyclic amines) is 1. The minimum atomic E-state index is 0.400. The Labute approximate surface area is 164 Å². The normalized spacial score (nSPS) is 21.8. The molecule has 1 aromatic carbocycles. The average molecular weight is 377 g/mol. The van der Waals surface area contributed by atoms with E-state index in [0.717, 1.165) is 51.1 Å². The van der Waals surface area contributed by atoms with Gasteiger partial charge < -0.3 is 19.1 Å². The summed E-state index contributed by atoms with van der Waals surface area (Å²) in [5.74, 6) is 1.71. The summed E-state index contributed by atoms with van der Waals surface area (Å²) in [6, 6.07) is 8.48. The summed E-state index contributed by atoms with van der Waals surface area (Å²) >= 11 is 0. The highest BCUT2D eigenvalue weighted by Gasteiger charge is 2.24. The highest BCUT2D eigenvalue weighted by Crippen LogP contribution is 2.22. The quantitative estimate of drug-likeness (QED) is 0.627. The molecule has 1 unspecified atom stereocenters. The van der Waals surface area contributed by atoms with Gasteiger partial charge in [0, 0.05) is 39.9 Å². The summed E-state index contributed by atoms with van der Waals surface area (Å²) in [4.78, 5) is 5.15. The molecule has 3 rings (SSSR count). The van der Waals surface area contributed by atoms with Gasteiger partial charge in [0.25, 0.3) is 0 Å². The van der Waals surface area contributed by atoms with Crippen LogP contribution >= 0.6 is 0 Å². The second-order valence-corrected chi connectivity index (χ2v) is 7.96. The molecule has 2 fully saturated rings. The molecule has 1 atom stereocenters. The molecular formula is C22H36N2O3. The fraction of sp³-hybridized carbons (Fsp3) is 0.727. The zero-order valence-electron chi connectivity index (χ0n) is 17.1. The van der Waals surface area contributed by atoms with E-state index in [9.17, 15) is 0 Å². The summed E-state index contributed by atoms with van der Waals surface area (Å²) < 4.78 is 16.6. The first-order valence-corrected chi connectivity index (χ1v) is 10.4. The topological polar surface area (TPSA) is 34.2 Å². The molecule has 0 aliphatic carbocycles. The minimum Gasteiger partial charge on any atom is -0.497 e. The minimum absolute atomic E-state index is 0.400. The van der Waals surface area contributed by atoms with E-state index in [1.54, 1.807) is 14.2 Å². The van der Waals surface area contributed by atoms with Crippen LogP contribution in [0.25, 0.3) is 0 Å². The molecule has 2 heterocycles. The molecule has 5 heteroatoms. The Bertz CT molecular complexity index is 540. The van der Waals surface area contributed by atoms with Crippen molar-refractivity contribution in [2.24, 2.45) is 5.92 Å². The standard InChI is InChI=1S/C22H36N2O3/c1-25-14-12-23-10-8-19(9-11-23)16-24(18-22-7-4-13-27-22)17-20-5-3-6-21(15-20)26-2/h3,5-6,15,19,22H,4,7-14,16-18H2,1-2H3. The average Bonchev–Trinajstić information content (AvgIpc) is 3.20. The lowest BCUT2D eigenvalue weighted by atomic mass is 9.95. The number of ether oxygens (including phenoxy) is 3. The number of benzene rings is 1. The van der Waals surface area contributed by atoms with E-state index >= 15 is 0 Å². The van der Waals surface area contributed by atoms with Crippen LogP contribution in [0.5, 0.6) is 5.75 Å². The second kappa shape index (κ2) is 11.0. The summed E-state index contributed by atoms with van der Waals surface area (Å²) in [5, 5.41) is 0. The van der Waals surface area contributed by atoms with Gasteiger partial charge in [-0.2, -0.15) is 0 Å². The first kappa shape index (κ1) is 20.6. The SMILES string of the molecule is COCCN1CCC(CN(Cc2cccc(OC)c2)CC2CCCO2)CC1. The van der Waals surface area contributed by atoms with E-state index in [2.05, 4.69) is 28.0 Å². The van der Waals surface area contributed by atoms with Crippen LogP contribution in [-0.2, 0) is 16.0 Å². The summed E-state index contributed by atoms with van der Waals surface area (Å²) in [7, 11) is 3.52. The molecule has 152 valence electrons. The van der Waals surface area contributed by atoms with Crippen molar-refractivity contribution in [1.29, 1.82) is 0 Å². The summed E-state index contributed by atoms with van der Waals surface area (Å²) in [6.45, 7) is 8.40. The molecule has 0 bridgehead atoms. The van der Waals surface area contributed by atoms with Gasteiger partial charge in [-0.25, -0.2) is 0 Å². The lowest BCUT2D eigenvalue weighted by Crippen LogP contribution is -2.41. The van der Waals surface area contributed by atoms with E-state index in [0.29, 0.717) is 6.10 Å². The molecule has 0 N–H and O–H groups in total. The summed E-state index contributed by atoms with van der Waals surface area (Å²) in [6.07, 6.45) is 5.37. The van der Waals surface area contributed by atoms with Gasteiger partial charge in [0.2, 0.25) is 0 Å². The zero-order valence-corrected chi connectivity index (χ0v) is 17.1.